The molecule has 3 aliphatic rings. The van der Waals surface area contributed by atoms with Gasteiger partial charge in [-0.3, -0.25) is 14.5 Å². The first kappa shape index (κ1) is 19.1. The molecule has 0 radical (unpaired) electrons. The van der Waals surface area contributed by atoms with Gasteiger partial charge in [0.25, 0.3) is 0 Å². The number of rotatable bonds is 6. The molecule has 0 saturated carbocycles. The Kier molecular flexibility index (Phi) is 4.50. The molecule has 4 heterocycles. The maximum atomic E-state index is 13.2. The maximum Gasteiger partial charge on any atom is 0.235 e. The monoisotopic (exact) mass is 407 g/mol. The van der Waals surface area contributed by atoms with Crippen LogP contribution in [0.2, 0.25) is 0 Å². The minimum Gasteiger partial charge on any atom is -0.360 e. The number of fused-ring (bicyclic) bond motifs is 1. The van der Waals surface area contributed by atoms with Gasteiger partial charge < -0.3 is 14.6 Å². The Hall–Kier alpha value is -2.93. The van der Waals surface area contributed by atoms with Crippen molar-refractivity contribution in [2.75, 3.05) is 11.4 Å². The van der Waals surface area contributed by atoms with Crippen molar-refractivity contribution < 1.29 is 18.8 Å². The Labute approximate surface area is 175 Å². The lowest BCUT2D eigenvalue weighted by Crippen LogP contribution is -2.46. The van der Waals surface area contributed by atoms with Gasteiger partial charge in [-0.05, 0) is 32.3 Å². The fourth-order valence-corrected chi connectivity index (χ4v) is 4.91. The summed E-state index contributed by atoms with van der Waals surface area (Å²) in [5.74, 6) is -0.215. The van der Waals surface area contributed by atoms with E-state index in [4.69, 9.17) is 9.26 Å². The summed E-state index contributed by atoms with van der Waals surface area (Å²) in [5.41, 5.74) is 0.484. The minimum absolute atomic E-state index is 0.00237. The van der Waals surface area contributed by atoms with Gasteiger partial charge in [0.1, 0.15) is 11.4 Å². The van der Waals surface area contributed by atoms with Gasteiger partial charge in [-0.15, -0.1) is 0 Å². The van der Waals surface area contributed by atoms with Crippen LogP contribution >= 0.6 is 0 Å². The molecule has 5 atom stereocenters. The fourth-order valence-electron chi connectivity index (χ4n) is 4.91. The number of amides is 2. The molecule has 7 nitrogen and oxygen atoms in total. The van der Waals surface area contributed by atoms with Crippen molar-refractivity contribution in [2.45, 2.75) is 44.4 Å². The van der Waals surface area contributed by atoms with Crippen molar-refractivity contribution in [2.24, 2.45) is 11.8 Å². The average molecular weight is 407 g/mol. The van der Waals surface area contributed by atoms with Crippen molar-refractivity contribution in [3.63, 3.8) is 0 Å². The van der Waals surface area contributed by atoms with Crippen LogP contribution in [0, 0.1) is 18.8 Å². The fraction of sp³-hybridized carbons (Fsp3) is 0.435. The zero-order valence-electron chi connectivity index (χ0n) is 17.1. The molecule has 156 valence electrons. The zero-order valence-corrected chi connectivity index (χ0v) is 17.1. The largest absolute Gasteiger partial charge is 0.360 e. The predicted octanol–water partition coefficient (Wildman–Crippen LogP) is 2.41. The van der Waals surface area contributed by atoms with E-state index in [1.54, 1.807) is 17.9 Å². The molecule has 0 aliphatic carbocycles. The zero-order chi connectivity index (χ0) is 20.9. The predicted molar refractivity (Wildman–Crippen MR) is 110 cm³/mol. The van der Waals surface area contributed by atoms with E-state index in [1.165, 1.54) is 5.56 Å². The van der Waals surface area contributed by atoms with Crippen LogP contribution in [0.15, 0.2) is 53.1 Å². The molecule has 2 amide bonds. The van der Waals surface area contributed by atoms with Gasteiger partial charge in [0.2, 0.25) is 11.8 Å². The third kappa shape index (κ3) is 3.04. The Morgan fingerprint density at radius 2 is 2.17 bits per heavy atom. The second-order valence-corrected chi connectivity index (χ2v) is 8.55. The highest BCUT2D eigenvalue weighted by molar-refractivity contribution is 6.02. The molecule has 1 aromatic heterocycles. The second-order valence-electron chi connectivity index (χ2n) is 8.55. The molecule has 3 aliphatic heterocycles. The van der Waals surface area contributed by atoms with Crippen LogP contribution in [0.5, 0.6) is 0 Å². The molecular formula is C23H25N3O4. The van der Waals surface area contributed by atoms with E-state index in [2.05, 4.69) is 22.6 Å². The first-order chi connectivity index (χ1) is 14.5. The first-order valence-corrected chi connectivity index (χ1v) is 10.4. The molecule has 1 aromatic carbocycles. The van der Waals surface area contributed by atoms with Crippen molar-refractivity contribution in [3.8, 4) is 0 Å². The number of aromatic nitrogens is 1. The number of carbonyl (C=O) groups excluding carboxylic acids is 2. The number of benzene rings is 1. The lowest BCUT2D eigenvalue weighted by molar-refractivity contribution is -0.132. The number of anilines is 1. The SMILES string of the molecule is Cc1cc(N2C[C@@]34C=C[C@@H](O3)[C@H](C(=O)N[C@@H](C)CCc3ccccc3)[C@H]4C2=O)no1. The van der Waals surface area contributed by atoms with Gasteiger partial charge in [0.15, 0.2) is 5.82 Å². The van der Waals surface area contributed by atoms with Crippen LogP contribution in [0.1, 0.15) is 24.7 Å². The Morgan fingerprint density at radius 1 is 1.37 bits per heavy atom. The van der Waals surface area contributed by atoms with Crippen molar-refractivity contribution in [3.05, 3.63) is 59.9 Å². The van der Waals surface area contributed by atoms with Gasteiger partial charge in [0, 0.05) is 12.1 Å². The Morgan fingerprint density at radius 3 is 2.90 bits per heavy atom. The molecule has 2 bridgehead atoms. The highest BCUT2D eigenvalue weighted by Crippen LogP contribution is 2.52. The second kappa shape index (κ2) is 7.09. The van der Waals surface area contributed by atoms with Crippen molar-refractivity contribution >= 4 is 17.6 Å². The third-order valence-electron chi connectivity index (χ3n) is 6.39. The van der Waals surface area contributed by atoms with Gasteiger partial charge >= 0.3 is 0 Å². The third-order valence-corrected chi connectivity index (χ3v) is 6.39. The average Bonchev–Trinajstić information content (AvgIpc) is 3.48. The normalized spacial score (nSPS) is 30.0. The van der Waals surface area contributed by atoms with E-state index in [0.29, 0.717) is 18.1 Å². The number of carbonyl (C=O) groups is 2. The van der Waals surface area contributed by atoms with Crippen LogP contribution in [-0.2, 0) is 20.7 Å². The van der Waals surface area contributed by atoms with Crippen LogP contribution in [0.25, 0.3) is 0 Å². The molecule has 0 unspecified atom stereocenters. The number of nitrogens with one attached hydrogen (secondary N) is 1. The summed E-state index contributed by atoms with van der Waals surface area (Å²) in [6.07, 6.45) is 5.22. The van der Waals surface area contributed by atoms with Gasteiger partial charge in [-0.2, -0.15) is 0 Å². The standard InChI is InChI=1S/C23H25N3O4/c1-14(8-9-16-6-4-3-5-7-16)24-21(27)19-17-10-11-23(29-17)13-26(22(28)20(19)23)18-12-15(2)30-25-18/h3-7,10-12,14,17,19-20H,8-9,13H2,1-2H3,(H,24,27)/t14-,17+,19-,20-,23+/m0/s1. The molecule has 1 N–H and O–H groups in total. The summed E-state index contributed by atoms with van der Waals surface area (Å²) in [6, 6.07) is 11.9. The minimum atomic E-state index is -0.760. The molecule has 7 heteroatoms. The summed E-state index contributed by atoms with van der Waals surface area (Å²) in [7, 11) is 0. The van der Waals surface area contributed by atoms with Crippen LogP contribution in [-0.4, -0.2) is 41.3 Å². The Balaban J connectivity index is 1.28. The molecule has 5 rings (SSSR count). The first-order valence-electron chi connectivity index (χ1n) is 10.4. The number of aryl methyl sites for hydroxylation is 2. The van der Waals surface area contributed by atoms with E-state index in [-0.39, 0.29) is 24.0 Å². The van der Waals surface area contributed by atoms with E-state index < -0.39 is 17.4 Å². The van der Waals surface area contributed by atoms with E-state index >= 15 is 0 Å². The number of nitrogens with zero attached hydrogens (tertiary/aromatic N) is 2. The summed E-state index contributed by atoms with van der Waals surface area (Å²) < 4.78 is 11.3. The molecule has 2 saturated heterocycles. The summed E-state index contributed by atoms with van der Waals surface area (Å²) in [6.45, 7) is 4.13. The number of hydrogen-bond donors (Lipinski definition) is 1. The smallest absolute Gasteiger partial charge is 0.235 e. The van der Waals surface area contributed by atoms with E-state index in [0.717, 1.165) is 12.8 Å². The summed E-state index contributed by atoms with van der Waals surface area (Å²) >= 11 is 0. The summed E-state index contributed by atoms with van der Waals surface area (Å²) in [4.78, 5) is 28.0. The lowest BCUT2D eigenvalue weighted by atomic mass is 9.76. The van der Waals surface area contributed by atoms with Crippen LogP contribution in [0.4, 0.5) is 5.82 Å². The molecule has 2 aromatic rings. The maximum absolute atomic E-state index is 13.2. The lowest BCUT2D eigenvalue weighted by Gasteiger charge is -2.25. The highest BCUT2D eigenvalue weighted by Gasteiger charge is 2.67. The molecule has 30 heavy (non-hydrogen) atoms. The van der Waals surface area contributed by atoms with Crippen LogP contribution in [0.3, 0.4) is 0 Å². The van der Waals surface area contributed by atoms with Gasteiger partial charge in [-0.1, -0.05) is 47.6 Å². The molecule has 1 spiro atoms. The summed E-state index contributed by atoms with van der Waals surface area (Å²) in [5, 5.41) is 7.08. The topological polar surface area (TPSA) is 84.7 Å². The highest BCUT2D eigenvalue weighted by atomic mass is 16.5. The van der Waals surface area contributed by atoms with Crippen molar-refractivity contribution in [1.82, 2.24) is 10.5 Å². The molecular weight excluding hydrogens is 382 g/mol. The van der Waals surface area contributed by atoms with Gasteiger partial charge in [0.05, 0.1) is 24.5 Å². The number of ether oxygens (including phenoxy) is 1. The van der Waals surface area contributed by atoms with Crippen molar-refractivity contribution in [1.29, 1.82) is 0 Å². The quantitative estimate of drug-likeness (QED) is 0.744. The van der Waals surface area contributed by atoms with E-state index in [1.807, 2.05) is 37.3 Å². The Bertz CT molecular complexity index is 1000. The number of hydrogen-bond acceptors (Lipinski definition) is 5. The molecule has 2 fully saturated rings. The van der Waals surface area contributed by atoms with Crippen LogP contribution < -0.4 is 10.2 Å². The van der Waals surface area contributed by atoms with E-state index in [9.17, 15) is 9.59 Å². The van der Waals surface area contributed by atoms with Gasteiger partial charge in [-0.25, -0.2) is 0 Å².